The van der Waals surface area contributed by atoms with Crippen molar-refractivity contribution in [2.75, 3.05) is 13.1 Å². The molecule has 29 heavy (non-hydrogen) atoms. The third-order valence-electron chi connectivity index (χ3n) is 4.61. The molecule has 7 nitrogen and oxygen atoms in total. The molecule has 0 aliphatic carbocycles. The molecular formula is C21H22N2O5S. The van der Waals surface area contributed by atoms with Crippen LogP contribution in [-0.4, -0.2) is 44.0 Å². The summed E-state index contributed by atoms with van der Waals surface area (Å²) >= 11 is 0. The Kier molecular flexibility index (Phi) is 6.33. The highest BCUT2D eigenvalue weighted by Crippen LogP contribution is 2.22. The quantitative estimate of drug-likeness (QED) is 0.698. The number of nitriles is 1. The first-order valence-corrected chi connectivity index (χ1v) is 10.7. The number of carbonyl (C=O) groups excluding carboxylic acids is 1. The van der Waals surface area contributed by atoms with Gasteiger partial charge >= 0.3 is 5.97 Å². The maximum atomic E-state index is 12.9. The molecule has 2 atom stereocenters. The molecule has 0 saturated carbocycles. The van der Waals surface area contributed by atoms with Crippen LogP contribution < -0.4 is 0 Å². The van der Waals surface area contributed by atoms with Gasteiger partial charge in [-0.15, -0.1) is 0 Å². The Morgan fingerprint density at radius 1 is 1.14 bits per heavy atom. The van der Waals surface area contributed by atoms with E-state index in [2.05, 4.69) is 0 Å². The first-order chi connectivity index (χ1) is 13.8. The van der Waals surface area contributed by atoms with Gasteiger partial charge in [-0.3, -0.25) is 0 Å². The lowest BCUT2D eigenvalue weighted by atomic mass is 10.1. The number of sulfonamides is 1. The van der Waals surface area contributed by atoms with Gasteiger partial charge < -0.3 is 9.47 Å². The lowest BCUT2D eigenvalue weighted by molar-refractivity contribution is -0.0440. The summed E-state index contributed by atoms with van der Waals surface area (Å²) in [6.07, 6.45) is -0.363. The summed E-state index contributed by atoms with van der Waals surface area (Å²) in [4.78, 5) is 12.4. The summed E-state index contributed by atoms with van der Waals surface area (Å²) in [6.45, 7) is 4.21. The maximum absolute atomic E-state index is 12.9. The molecule has 0 radical (unpaired) electrons. The molecule has 0 N–H and O–H groups in total. The summed E-state index contributed by atoms with van der Waals surface area (Å²) in [5.74, 6) is -0.588. The molecule has 2 aromatic carbocycles. The topological polar surface area (TPSA) is 96.7 Å². The van der Waals surface area contributed by atoms with E-state index in [0.29, 0.717) is 11.1 Å². The molecule has 2 unspecified atom stereocenters. The van der Waals surface area contributed by atoms with Gasteiger partial charge in [-0.25, -0.2) is 13.2 Å². The molecule has 0 amide bonds. The van der Waals surface area contributed by atoms with Gasteiger partial charge in [-0.1, -0.05) is 18.2 Å². The van der Waals surface area contributed by atoms with Crippen molar-refractivity contribution >= 4 is 16.0 Å². The summed E-state index contributed by atoms with van der Waals surface area (Å²) in [5.41, 5.74) is 1.29. The van der Waals surface area contributed by atoms with Gasteiger partial charge in [0, 0.05) is 18.7 Å². The first-order valence-electron chi connectivity index (χ1n) is 9.22. The van der Waals surface area contributed by atoms with E-state index in [1.54, 1.807) is 24.3 Å². The minimum Gasteiger partial charge on any atom is -0.457 e. The highest BCUT2D eigenvalue weighted by Gasteiger charge is 2.32. The molecule has 1 aliphatic rings. The Balaban J connectivity index is 1.69. The van der Waals surface area contributed by atoms with Crippen molar-refractivity contribution in [2.45, 2.75) is 37.6 Å². The second-order valence-corrected chi connectivity index (χ2v) is 8.89. The Morgan fingerprint density at radius 3 is 2.38 bits per heavy atom. The number of hydrogen-bond acceptors (Lipinski definition) is 6. The van der Waals surface area contributed by atoms with Crippen LogP contribution in [0.4, 0.5) is 0 Å². The maximum Gasteiger partial charge on any atom is 0.338 e. The van der Waals surface area contributed by atoms with E-state index in [9.17, 15) is 13.2 Å². The zero-order valence-electron chi connectivity index (χ0n) is 16.2. The van der Waals surface area contributed by atoms with Crippen molar-refractivity contribution in [3.05, 3.63) is 65.2 Å². The molecule has 1 aliphatic heterocycles. The summed E-state index contributed by atoms with van der Waals surface area (Å²) < 4.78 is 38.0. The third-order valence-corrected chi connectivity index (χ3v) is 6.46. The SMILES string of the molecule is CC1CN(S(=O)(=O)c2ccc(C(=O)OCc3ccccc3C#N)cc2)CC(C)O1. The van der Waals surface area contributed by atoms with Crippen LogP contribution >= 0.6 is 0 Å². The van der Waals surface area contributed by atoms with Crippen molar-refractivity contribution in [3.63, 3.8) is 0 Å². The number of rotatable bonds is 5. The molecular weight excluding hydrogens is 392 g/mol. The van der Waals surface area contributed by atoms with Crippen LogP contribution in [0.5, 0.6) is 0 Å². The van der Waals surface area contributed by atoms with Gasteiger partial charge in [-0.05, 0) is 44.2 Å². The summed E-state index contributed by atoms with van der Waals surface area (Å²) in [6, 6.07) is 14.6. The Morgan fingerprint density at radius 2 is 1.76 bits per heavy atom. The smallest absolute Gasteiger partial charge is 0.338 e. The van der Waals surface area contributed by atoms with E-state index in [1.165, 1.54) is 28.6 Å². The third kappa shape index (κ3) is 4.82. The second-order valence-electron chi connectivity index (χ2n) is 6.95. The lowest BCUT2D eigenvalue weighted by Gasteiger charge is -2.34. The van der Waals surface area contributed by atoms with E-state index < -0.39 is 16.0 Å². The van der Waals surface area contributed by atoms with Crippen LogP contribution in [0.15, 0.2) is 53.4 Å². The van der Waals surface area contributed by atoms with Crippen LogP contribution in [0, 0.1) is 11.3 Å². The van der Waals surface area contributed by atoms with E-state index in [1.807, 2.05) is 19.9 Å². The Labute approximate surface area is 170 Å². The van der Waals surface area contributed by atoms with Crippen molar-refractivity contribution in [1.29, 1.82) is 5.26 Å². The minimum absolute atomic E-state index is 0.0355. The molecule has 1 fully saturated rings. The Bertz CT molecular complexity index is 1020. The molecule has 1 saturated heterocycles. The number of esters is 1. The fourth-order valence-electron chi connectivity index (χ4n) is 3.22. The summed E-state index contributed by atoms with van der Waals surface area (Å²) in [7, 11) is -3.67. The number of benzene rings is 2. The molecule has 1 heterocycles. The van der Waals surface area contributed by atoms with Gasteiger partial charge in [-0.2, -0.15) is 9.57 Å². The standard InChI is InChI=1S/C21H22N2O5S/c1-15-12-23(13-16(2)28-15)29(25,26)20-9-7-17(8-10-20)21(24)27-14-19-6-4-3-5-18(19)11-22/h3-10,15-16H,12-14H2,1-2H3. The monoisotopic (exact) mass is 414 g/mol. The number of carbonyl (C=O) groups is 1. The fraction of sp³-hybridized carbons (Fsp3) is 0.333. The van der Waals surface area contributed by atoms with Gasteiger partial charge in [0.15, 0.2) is 0 Å². The van der Waals surface area contributed by atoms with Crippen molar-refractivity contribution in [3.8, 4) is 6.07 Å². The molecule has 0 aromatic heterocycles. The van der Waals surface area contributed by atoms with Crippen LogP contribution in [-0.2, 0) is 26.1 Å². The van der Waals surface area contributed by atoms with E-state index in [4.69, 9.17) is 14.7 Å². The van der Waals surface area contributed by atoms with Crippen LogP contribution in [0.2, 0.25) is 0 Å². The number of hydrogen-bond donors (Lipinski definition) is 0. The zero-order chi connectivity index (χ0) is 21.0. The van der Waals surface area contributed by atoms with Gasteiger partial charge in [0.05, 0.1) is 34.3 Å². The summed E-state index contributed by atoms with van der Waals surface area (Å²) in [5, 5.41) is 9.09. The predicted molar refractivity (Wildman–Crippen MR) is 105 cm³/mol. The highest BCUT2D eigenvalue weighted by molar-refractivity contribution is 7.89. The van der Waals surface area contributed by atoms with Crippen LogP contribution in [0.3, 0.4) is 0 Å². The molecule has 8 heteroatoms. The minimum atomic E-state index is -3.67. The van der Waals surface area contributed by atoms with Crippen LogP contribution in [0.25, 0.3) is 0 Å². The number of ether oxygens (including phenoxy) is 2. The molecule has 3 rings (SSSR count). The highest BCUT2D eigenvalue weighted by atomic mass is 32.2. The van der Waals surface area contributed by atoms with E-state index >= 15 is 0 Å². The number of morpholine rings is 1. The van der Waals surface area contributed by atoms with E-state index in [0.717, 1.165) is 0 Å². The van der Waals surface area contributed by atoms with Crippen molar-refractivity contribution in [2.24, 2.45) is 0 Å². The molecule has 2 aromatic rings. The van der Waals surface area contributed by atoms with Gasteiger partial charge in [0.1, 0.15) is 6.61 Å². The zero-order valence-corrected chi connectivity index (χ0v) is 17.1. The average Bonchev–Trinajstić information content (AvgIpc) is 2.71. The van der Waals surface area contributed by atoms with Gasteiger partial charge in [0.25, 0.3) is 0 Å². The predicted octanol–water partition coefficient (Wildman–Crippen LogP) is 2.71. The number of nitrogens with zero attached hydrogens (tertiary/aromatic N) is 2. The lowest BCUT2D eigenvalue weighted by Crippen LogP contribution is -2.48. The van der Waals surface area contributed by atoms with Gasteiger partial charge in [0.2, 0.25) is 10.0 Å². The van der Waals surface area contributed by atoms with Crippen molar-refractivity contribution < 1.29 is 22.7 Å². The van der Waals surface area contributed by atoms with Crippen LogP contribution in [0.1, 0.15) is 35.3 Å². The molecule has 0 bridgehead atoms. The second kappa shape index (κ2) is 8.74. The fourth-order valence-corrected chi connectivity index (χ4v) is 4.81. The Hall–Kier alpha value is -2.73. The first kappa shape index (κ1) is 21.0. The largest absolute Gasteiger partial charge is 0.457 e. The molecule has 152 valence electrons. The average molecular weight is 414 g/mol. The van der Waals surface area contributed by atoms with Crippen molar-refractivity contribution in [1.82, 2.24) is 4.31 Å². The van der Waals surface area contributed by atoms with E-state index in [-0.39, 0.29) is 42.4 Å². The normalized spacial score (nSPS) is 20.0. The molecule has 0 spiro atoms.